The van der Waals surface area contributed by atoms with Gasteiger partial charge in [0.15, 0.2) is 0 Å². The number of benzene rings is 2. The van der Waals surface area contributed by atoms with Crippen molar-refractivity contribution in [2.75, 3.05) is 31.4 Å². The maximum atomic E-state index is 5.53. The Kier molecular flexibility index (Phi) is 11.0. The van der Waals surface area contributed by atoms with E-state index in [1.807, 2.05) is 0 Å². The van der Waals surface area contributed by atoms with Crippen LogP contribution in [-0.2, 0) is 9.47 Å². The molecular weight excluding hydrogens is 544 g/mol. The number of methoxy groups -OCH3 is 1. The summed E-state index contributed by atoms with van der Waals surface area (Å²) in [5.74, 6) is 2.10. The molecule has 0 saturated heterocycles. The number of hydrogen-bond donors (Lipinski definition) is 2. The standard InChI is InChI=1S/C38H50N4O2/c1-43-27-44-23-11-10-12-28-19-20-30-26-38(42-40-32-16-6-3-7-17-32)35(36(30)24-28)22-21-34-33-18-9-8-13-29(33)25-37(34)41-39-31-14-4-2-5-15-31/h2-7,14-17,28-30,39-40H,8-13,18-27H2,1H3/b41-37+,42-38-. The summed E-state index contributed by atoms with van der Waals surface area (Å²) in [5.41, 5.74) is 17.9. The van der Waals surface area contributed by atoms with Gasteiger partial charge < -0.3 is 9.47 Å². The number of hydrogen-bond acceptors (Lipinski definition) is 6. The average molecular weight is 595 g/mol. The van der Waals surface area contributed by atoms with Crippen molar-refractivity contribution in [3.8, 4) is 0 Å². The van der Waals surface area contributed by atoms with Gasteiger partial charge in [0.25, 0.3) is 0 Å². The summed E-state index contributed by atoms with van der Waals surface area (Å²) in [7, 11) is 1.69. The van der Waals surface area contributed by atoms with Crippen molar-refractivity contribution >= 4 is 22.8 Å². The second kappa shape index (κ2) is 15.7. The van der Waals surface area contributed by atoms with Crippen LogP contribution >= 0.6 is 0 Å². The van der Waals surface area contributed by atoms with E-state index in [-0.39, 0.29) is 0 Å². The highest BCUT2D eigenvalue weighted by Crippen LogP contribution is 2.47. The van der Waals surface area contributed by atoms with Crippen LogP contribution in [0.3, 0.4) is 0 Å². The molecule has 0 radical (unpaired) electrons. The molecule has 6 nitrogen and oxygen atoms in total. The predicted molar refractivity (Wildman–Crippen MR) is 182 cm³/mol. The molecule has 3 atom stereocenters. The Balaban J connectivity index is 1.20. The topological polar surface area (TPSA) is 67.2 Å². The molecule has 4 aliphatic carbocycles. The maximum absolute atomic E-state index is 5.53. The number of nitrogens with zero attached hydrogens (tertiary/aromatic N) is 2. The number of unbranched alkanes of at least 4 members (excludes halogenated alkanes) is 1. The lowest BCUT2D eigenvalue weighted by atomic mass is 9.76. The molecule has 6 rings (SSSR count). The van der Waals surface area contributed by atoms with Gasteiger partial charge in [0.05, 0.1) is 22.8 Å². The monoisotopic (exact) mass is 594 g/mol. The number of rotatable bonds is 14. The van der Waals surface area contributed by atoms with Gasteiger partial charge in [-0.1, -0.05) is 66.8 Å². The Labute approximate surface area is 264 Å². The van der Waals surface area contributed by atoms with Gasteiger partial charge in [-0.3, -0.25) is 10.9 Å². The van der Waals surface area contributed by atoms with Crippen molar-refractivity contribution in [1.82, 2.24) is 0 Å². The minimum Gasteiger partial charge on any atom is -0.359 e. The van der Waals surface area contributed by atoms with E-state index in [0.29, 0.717) is 18.6 Å². The van der Waals surface area contributed by atoms with Crippen LogP contribution in [0.4, 0.5) is 11.4 Å². The molecule has 0 aromatic heterocycles. The predicted octanol–water partition coefficient (Wildman–Crippen LogP) is 9.50. The van der Waals surface area contributed by atoms with Gasteiger partial charge in [-0.15, -0.1) is 0 Å². The van der Waals surface area contributed by atoms with Crippen LogP contribution in [0.5, 0.6) is 0 Å². The third kappa shape index (κ3) is 7.89. The van der Waals surface area contributed by atoms with E-state index in [2.05, 4.69) is 71.5 Å². The van der Waals surface area contributed by atoms with E-state index in [0.717, 1.165) is 56.0 Å². The minimum atomic E-state index is 0.397. The van der Waals surface area contributed by atoms with Crippen LogP contribution in [0, 0.1) is 17.8 Å². The van der Waals surface area contributed by atoms with Crippen LogP contribution < -0.4 is 10.9 Å². The Morgan fingerprint density at radius 3 is 2.00 bits per heavy atom. The summed E-state index contributed by atoms with van der Waals surface area (Å²) in [6.07, 6.45) is 17.0. The first kappa shape index (κ1) is 30.8. The second-order valence-corrected chi connectivity index (χ2v) is 13.1. The van der Waals surface area contributed by atoms with E-state index < -0.39 is 0 Å². The first-order chi connectivity index (χ1) is 21.8. The third-order valence-electron chi connectivity index (χ3n) is 10.2. The number of allylic oxidation sites excluding steroid dienone is 4. The number of fused-ring (bicyclic) bond motifs is 2. The molecule has 44 heavy (non-hydrogen) atoms. The van der Waals surface area contributed by atoms with Gasteiger partial charge in [-0.05, 0) is 124 Å². The fourth-order valence-corrected chi connectivity index (χ4v) is 7.98. The smallest absolute Gasteiger partial charge is 0.146 e. The molecule has 0 amide bonds. The van der Waals surface area contributed by atoms with Gasteiger partial charge in [-0.25, -0.2) is 0 Å². The lowest BCUT2D eigenvalue weighted by molar-refractivity contribution is -0.0317. The zero-order chi connectivity index (χ0) is 30.0. The van der Waals surface area contributed by atoms with Crippen LogP contribution in [-0.4, -0.2) is 31.9 Å². The highest BCUT2D eigenvalue weighted by molar-refractivity contribution is 6.06. The summed E-state index contributed by atoms with van der Waals surface area (Å²) in [4.78, 5) is 0. The summed E-state index contributed by atoms with van der Waals surface area (Å²) < 4.78 is 10.6. The zero-order valence-electron chi connectivity index (χ0n) is 26.5. The normalized spacial score (nSPS) is 25.1. The molecule has 2 aromatic rings. The Morgan fingerprint density at radius 2 is 1.34 bits per heavy atom. The van der Waals surface area contributed by atoms with Crippen LogP contribution in [0.15, 0.2) is 93.2 Å². The summed E-state index contributed by atoms with van der Waals surface area (Å²) in [5, 5.41) is 10.1. The van der Waals surface area contributed by atoms with Gasteiger partial charge in [0, 0.05) is 13.7 Å². The van der Waals surface area contributed by atoms with E-state index in [4.69, 9.17) is 19.7 Å². The number of hydrazone groups is 2. The minimum absolute atomic E-state index is 0.397. The van der Waals surface area contributed by atoms with Crippen LogP contribution in [0.1, 0.15) is 89.9 Å². The number of anilines is 2. The molecule has 234 valence electrons. The van der Waals surface area contributed by atoms with Crippen molar-refractivity contribution in [3.05, 3.63) is 83.0 Å². The van der Waals surface area contributed by atoms with E-state index in [1.54, 1.807) is 18.3 Å². The molecule has 0 bridgehead atoms. The molecule has 2 aromatic carbocycles. The molecule has 2 saturated carbocycles. The first-order valence-electron chi connectivity index (χ1n) is 17.0. The SMILES string of the molecule is COCOCCCCC1CCC2C/C(=N/Nc3ccccc3)C(CCC3=C4CCCCC4C/C3=N\Nc3ccccc3)=C2C1. The lowest BCUT2D eigenvalue weighted by Gasteiger charge is -2.29. The number of para-hydroxylation sites is 2. The quantitative estimate of drug-likeness (QED) is 0.130. The molecule has 4 aliphatic rings. The molecule has 0 spiro atoms. The fourth-order valence-electron chi connectivity index (χ4n) is 7.98. The fraction of sp³-hybridized carbons (Fsp3) is 0.526. The van der Waals surface area contributed by atoms with Gasteiger partial charge in [-0.2, -0.15) is 10.2 Å². The first-order valence-corrected chi connectivity index (χ1v) is 17.0. The molecule has 6 heteroatoms. The maximum Gasteiger partial charge on any atom is 0.146 e. The molecule has 2 fully saturated rings. The summed E-state index contributed by atoms with van der Waals surface area (Å²) in [6, 6.07) is 20.8. The van der Waals surface area contributed by atoms with Gasteiger partial charge >= 0.3 is 0 Å². The molecule has 2 N–H and O–H groups in total. The Morgan fingerprint density at radius 1 is 0.705 bits per heavy atom. The third-order valence-corrected chi connectivity index (χ3v) is 10.2. The van der Waals surface area contributed by atoms with E-state index >= 15 is 0 Å². The van der Waals surface area contributed by atoms with E-state index in [9.17, 15) is 0 Å². The highest BCUT2D eigenvalue weighted by Gasteiger charge is 2.37. The van der Waals surface area contributed by atoms with Crippen molar-refractivity contribution in [3.63, 3.8) is 0 Å². The van der Waals surface area contributed by atoms with Gasteiger partial charge in [0.2, 0.25) is 0 Å². The van der Waals surface area contributed by atoms with Crippen LogP contribution in [0.25, 0.3) is 0 Å². The molecule has 0 heterocycles. The van der Waals surface area contributed by atoms with Gasteiger partial charge in [0.1, 0.15) is 6.79 Å². The second-order valence-electron chi connectivity index (χ2n) is 13.1. The summed E-state index contributed by atoms with van der Waals surface area (Å²) >= 11 is 0. The number of ether oxygens (including phenoxy) is 2. The molecule has 3 unspecified atom stereocenters. The van der Waals surface area contributed by atoms with Crippen LogP contribution in [0.2, 0.25) is 0 Å². The highest BCUT2D eigenvalue weighted by atomic mass is 16.7. The average Bonchev–Trinajstić information content (AvgIpc) is 3.61. The zero-order valence-corrected chi connectivity index (χ0v) is 26.5. The van der Waals surface area contributed by atoms with Crippen molar-refractivity contribution in [2.45, 2.75) is 89.9 Å². The molecular formula is C38H50N4O2. The Bertz CT molecular complexity index is 1350. The van der Waals surface area contributed by atoms with Crippen molar-refractivity contribution in [1.29, 1.82) is 0 Å². The van der Waals surface area contributed by atoms with Crippen molar-refractivity contribution < 1.29 is 9.47 Å². The largest absolute Gasteiger partial charge is 0.359 e. The molecule has 0 aliphatic heterocycles. The summed E-state index contributed by atoms with van der Waals surface area (Å²) in [6.45, 7) is 1.19. The van der Waals surface area contributed by atoms with Crippen molar-refractivity contribution in [2.24, 2.45) is 28.0 Å². The van der Waals surface area contributed by atoms with E-state index in [1.165, 1.54) is 80.4 Å². The Hall–Kier alpha value is -3.22. The lowest BCUT2D eigenvalue weighted by Crippen LogP contribution is -2.16. The number of nitrogens with one attached hydrogen (secondary N) is 2.